The maximum absolute atomic E-state index is 11.9. The van der Waals surface area contributed by atoms with Gasteiger partial charge in [0, 0.05) is 0 Å². The third kappa shape index (κ3) is 6.44. The highest BCUT2D eigenvalue weighted by Gasteiger charge is 2.25. The molecule has 0 saturated carbocycles. The Bertz CT molecular complexity index is 589. The minimum atomic E-state index is -0.521. The van der Waals surface area contributed by atoms with Gasteiger partial charge in [-0.3, -0.25) is 4.79 Å². The van der Waals surface area contributed by atoms with Crippen molar-refractivity contribution in [2.75, 3.05) is 0 Å². The van der Waals surface area contributed by atoms with E-state index in [0.717, 1.165) is 5.56 Å². The van der Waals surface area contributed by atoms with Gasteiger partial charge in [0.15, 0.2) is 0 Å². The zero-order valence-electron chi connectivity index (χ0n) is 14.5. The third-order valence-corrected chi connectivity index (χ3v) is 3.55. The van der Waals surface area contributed by atoms with Gasteiger partial charge < -0.3 is 14.8 Å². The maximum atomic E-state index is 11.9. The summed E-state index contributed by atoms with van der Waals surface area (Å²) >= 11 is 0. The Balaban J connectivity index is 1.69. The molecule has 2 atom stereocenters. The monoisotopic (exact) mass is 331 g/mol. The molecule has 0 fully saturated rings. The van der Waals surface area contributed by atoms with E-state index >= 15 is 0 Å². The summed E-state index contributed by atoms with van der Waals surface area (Å²) in [5.74, 6) is -0.153. The summed E-state index contributed by atoms with van der Waals surface area (Å²) in [6.45, 7) is 5.75. The van der Waals surface area contributed by atoms with Crippen LogP contribution in [0.2, 0.25) is 0 Å². The number of rotatable bonds is 5. The number of benzene rings is 1. The Morgan fingerprint density at radius 3 is 2.54 bits per heavy atom. The van der Waals surface area contributed by atoms with E-state index in [2.05, 4.69) is 5.32 Å². The van der Waals surface area contributed by atoms with Crippen molar-refractivity contribution >= 4 is 12.1 Å². The van der Waals surface area contributed by atoms with Crippen molar-refractivity contribution in [3.63, 3.8) is 0 Å². The molecule has 0 bridgehead atoms. The maximum Gasteiger partial charge on any atom is 0.408 e. The molecular weight excluding hydrogens is 306 g/mol. The first-order chi connectivity index (χ1) is 11.3. The predicted octanol–water partition coefficient (Wildman–Crippen LogP) is 3.59. The van der Waals surface area contributed by atoms with Crippen LogP contribution in [-0.2, 0) is 20.9 Å². The lowest BCUT2D eigenvalue weighted by Gasteiger charge is -2.21. The van der Waals surface area contributed by atoms with Gasteiger partial charge in [0.1, 0.15) is 12.2 Å². The van der Waals surface area contributed by atoms with E-state index in [9.17, 15) is 9.59 Å². The fourth-order valence-corrected chi connectivity index (χ4v) is 2.50. The van der Waals surface area contributed by atoms with Crippen LogP contribution in [0, 0.1) is 5.92 Å². The molecule has 1 amide bonds. The largest absolute Gasteiger partial charge is 0.461 e. The fourth-order valence-electron chi connectivity index (χ4n) is 2.50. The van der Waals surface area contributed by atoms with Crippen LogP contribution in [0.5, 0.6) is 0 Å². The van der Waals surface area contributed by atoms with Gasteiger partial charge in [-0.1, -0.05) is 42.5 Å². The summed E-state index contributed by atoms with van der Waals surface area (Å²) in [5, 5.41) is 2.80. The topological polar surface area (TPSA) is 64.6 Å². The predicted molar refractivity (Wildman–Crippen MR) is 91.3 cm³/mol. The Hall–Kier alpha value is -2.30. The van der Waals surface area contributed by atoms with E-state index in [1.54, 1.807) is 0 Å². The van der Waals surface area contributed by atoms with Gasteiger partial charge in [0.2, 0.25) is 0 Å². The van der Waals surface area contributed by atoms with E-state index in [1.165, 1.54) is 0 Å². The number of amides is 1. The van der Waals surface area contributed by atoms with E-state index in [1.807, 2.05) is 63.3 Å². The molecule has 0 heterocycles. The number of allylic oxidation sites excluding steroid dienone is 1. The van der Waals surface area contributed by atoms with Crippen LogP contribution >= 0.6 is 0 Å². The van der Waals surface area contributed by atoms with Gasteiger partial charge in [0.05, 0.1) is 12.5 Å². The molecule has 1 aliphatic rings. The third-order valence-electron chi connectivity index (χ3n) is 3.55. The minimum Gasteiger partial charge on any atom is -0.461 e. The second-order valence-corrected chi connectivity index (χ2v) is 6.98. The Morgan fingerprint density at radius 2 is 1.88 bits per heavy atom. The molecule has 1 aliphatic carbocycles. The van der Waals surface area contributed by atoms with Gasteiger partial charge in [-0.05, 0) is 38.7 Å². The number of alkyl carbamates (subject to hydrolysis) is 1. The number of ether oxygens (including phenoxy) is 2. The molecule has 130 valence electrons. The number of esters is 1. The molecular formula is C19H25NO4. The van der Waals surface area contributed by atoms with Crippen molar-refractivity contribution in [1.82, 2.24) is 5.32 Å². The number of hydrogen-bond acceptors (Lipinski definition) is 4. The standard InChI is InChI=1S/C19H25NO4/c1-19(2,3)24-18(22)20-16-10-9-15(11-16)12-17(21)23-13-14-7-5-4-6-8-14/h4-10,15-16H,11-13H2,1-3H3,(H,20,22)/t15-,16-/m0/s1. The van der Waals surface area contributed by atoms with Gasteiger partial charge in [-0.2, -0.15) is 0 Å². The molecule has 0 radical (unpaired) electrons. The zero-order chi connectivity index (χ0) is 17.6. The molecule has 0 unspecified atom stereocenters. The molecule has 0 aromatic heterocycles. The molecule has 0 aliphatic heterocycles. The first-order valence-electron chi connectivity index (χ1n) is 8.19. The molecule has 1 aromatic carbocycles. The van der Waals surface area contributed by atoms with E-state index in [0.29, 0.717) is 12.8 Å². The van der Waals surface area contributed by atoms with Crippen LogP contribution in [-0.4, -0.2) is 23.7 Å². The average molecular weight is 331 g/mol. The molecule has 2 rings (SSSR count). The zero-order valence-corrected chi connectivity index (χ0v) is 14.5. The summed E-state index contributed by atoms with van der Waals surface area (Å²) in [7, 11) is 0. The van der Waals surface area contributed by atoms with E-state index in [4.69, 9.17) is 9.47 Å². The van der Waals surface area contributed by atoms with Crippen molar-refractivity contribution in [2.24, 2.45) is 5.92 Å². The molecule has 5 heteroatoms. The lowest BCUT2D eigenvalue weighted by atomic mass is 10.0. The minimum absolute atomic E-state index is 0.0770. The summed E-state index contributed by atoms with van der Waals surface area (Å²) < 4.78 is 10.5. The van der Waals surface area contributed by atoms with Crippen LogP contribution in [0.4, 0.5) is 4.79 Å². The lowest BCUT2D eigenvalue weighted by molar-refractivity contribution is -0.145. The summed E-state index contributed by atoms with van der Waals surface area (Å²) in [5.41, 5.74) is 0.449. The molecule has 24 heavy (non-hydrogen) atoms. The fraction of sp³-hybridized carbons (Fsp3) is 0.474. The highest BCUT2D eigenvalue weighted by atomic mass is 16.6. The lowest BCUT2D eigenvalue weighted by Crippen LogP contribution is -2.37. The first-order valence-corrected chi connectivity index (χ1v) is 8.19. The van der Waals surface area contributed by atoms with Crippen molar-refractivity contribution in [2.45, 2.75) is 51.9 Å². The van der Waals surface area contributed by atoms with Gasteiger partial charge in [0.25, 0.3) is 0 Å². The van der Waals surface area contributed by atoms with Crippen molar-refractivity contribution in [3.05, 3.63) is 48.0 Å². The molecule has 0 spiro atoms. The molecule has 5 nitrogen and oxygen atoms in total. The number of hydrogen-bond donors (Lipinski definition) is 1. The average Bonchev–Trinajstić information content (AvgIpc) is 2.91. The van der Waals surface area contributed by atoms with Gasteiger partial charge in [-0.25, -0.2) is 4.79 Å². The van der Waals surface area contributed by atoms with Crippen LogP contribution in [0.15, 0.2) is 42.5 Å². The van der Waals surface area contributed by atoms with Crippen molar-refractivity contribution in [3.8, 4) is 0 Å². The summed E-state index contributed by atoms with van der Waals surface area (Å²) in [4.78, 5) is 23.7. The molecule has 0 saturated heterocycles. The summed E-state index contributed by atoms with van der Waals surface area (Å²) in [6.07, 6.45) is 4.41. The van der Waals surface area contributed by atoms with E-state index < -0.39 is 11.7 Å². The highest BCUT2D eigenvalue weighted by molar-refractivity contribution is 5.70. The van der Waals surface area contributed by atoms with E-state index in [-0.39, 0.29) is 24.5 Å². The number of carbonyl (C=O) groups is 2. The molecule has 1 aromatic rings. The van der Waals surface area contributed by atoms with Crippen LogP contribution in [0.1, 0.15) is 39.2 Å². The van der Waals surface area contributed by atoms with Crippen molar-refractivity contribution in [1.29, 1.82) is 0 Å². The smallest absolute Gasteiger partial charge is 0.408 e. The highest BCUT2D eigenvalue weighted by Crippen LogP contribution is 2.22. The normalized spacial score (nSPS) is 19.8. The second-order valence-electron chi connectivity index (χ2n) is 6.98. The Morgan fingerprint density at radius 1 is 1.17 bits per heavy atom. The number of carbonyl (C=O) groups excluding carboxylic acids is 2. The van der Waals surface area contributed by atoms with Crippen LogP contribution in [0.25, 0.3) is 0 Å². The molecule has 1 N–H and O–H groups in total. The first kappa shape index (κ1) is 18.0. The van der Waals surface area contributed by atoms with Crippen molar-refractivity contribution < 1.29 is 19.1 Å². The van der Waals surface area contributed by atoms with Crippen LogP contribution < -0.4 is 5.32 Å². The quantitative estimate of drug-likeness (QED) is 0.661. The Kier molecular flexibility index (Phi) is 6.01. The Labute approximate surface area is 143 Å². The second kappa shape index (κ2) is 7.99. The van der Waals surface area contributed by atoms with Gasteiger partial charge >= 0.3 is 12.1 Å². The number of nitrogens with one attached hydrogen (secondary N) is 1. The van der Waals surface area contributed by atoms with Crippen LogP contribution in [0.3, 0.4) is 0 Å². The van der Waals surface area contributed by atoms with Gasteiger partial charge in [-0.15, -0.1) is 0 Å². The summed E-state index contributed by atoms with van der Waals surface area (Å²) in [6, 6.07) is 9.48. The SMILES string of the molecule is CC(C)(C)OC(=O)N[C@H]1C=C[C@H](CC(=O)OCc2ccccc2)C1.